The zero-order valence-electron chi connectivity index (χ0n) is 19.2. The number of fused-ring (bicyclic) bond motifs is 1. The molecule has 34 heavy (non-hydrogen) atoms. The summed E-state index contributed by atoms with van der Waals surface area (Å²) in [4.78, 5) is 38.5. The number of nitrogens with two attached hydrogens (primary N) is 1. The van der Waals surface area contributed by atoms with Crippen LogP contribution in [0.15, 0.2) is 24.4 Å². The first-order valence-electron chi connectivity index (χ1n) is 11.4. The first-order chi connectivity index (χ1) is 16.3. The van der Waals surface area contributed by atoms with Crippen molar-refractivity contribution < 1.29 is 19.1 Å². The highest BCUT2D eigenvalue weighted by molar-refractivity contribution is 6.03. The lowest BCUT2D eigenvalue weighted by Gasteiger charge is -2.32. The molecule has 0 radical (unpaired) electrons. The number of carbonyl (C=O) groups is 3. The van der Waals surface area contributed by atoms with Crippen molar-refractivity contribution in [3.63, 3.8) is 0 Å². The fourth-order valence-corrected chi connectivity index (χ4v) is 4.81. The number of carbonyl (C=O) groups excluding carboxylic acids is 3. The molecule has 2 aromatic heterocycles. The summed E-state index contributed by atoms with van der Waals surface area (Å²) in [5.41, 5.74) is 8.03. The van der Waals surface area contributed by atoms with Gasteiger partial charge in [0.15, 0.2) is 5.69 Å². The molecule has 0 aliphatic carbocycles. The Bertz CT molecular complexity index is 1290. The van der Waals surface area contributed by atoms with Crippen molar-refractivity contribution in [3.8, 4) is 5.75 Å². The number of imide groups is 1. The van der Waals surface area contributed by atoms with E-state index in [2.05, 4.69) is 15.5 Å². The van der Waals surface area contributed by atoms with E-state index in [4.69, 9.17) is 10.5 Å². The third kappa shape index (κ3) is 3.87. The molecule has 1 unspecified atom stereocenters. The van der Waals surface area contributed by atoms with E-state index < -0.39 is 5.92 Å². The number of likely N-dealkylation sites (tertiary alicyclic amines) is 1. The average molecular weight is 466 g/mol. The molecule has 1 aromatic carbocycles. The molecule has 2 saturated heterocycles. The Balaban J connectivity index is 1.31. The number of nitrogens with zero attached hydrogens (tertiary/aromatic N) is 5. The Morgan fingerprint density at radius 1 is 1.15 bits per heavy atom. The number of rotatable bonds is 4. The topological polar surface area (TPSA) is 137 Å². The average Bonchev–Trinajstić information content (AvgIpc) is 3.32. The smallest absolute Gasteiger partial charge is 0.276 e. The highest BCUT2D eigenvalue weighted by atomic mass is 16.5. The maximum Gasteiger partial charge on any atom is 0.276 e. The lowest BCUT2D eigenvalue weighted by molar-refractivity contribution is -0.134. The monoisotopic (exact) mass is 465 g/mol. The summed E-state index contributed by atoms with van der Waals surface area (Å²) >= 11 is 0. The van der Waals surface area contributed by atoms with E-state index in [1.54, 1.807) is 22.8 Å². The Kier molecular flexibility index (Phi) is 5.46. The molecule has 2 aliphatic heterocycles. The third-order valence-corrected chi connectivity index (χ3v) is 6.51. The van der Waals surface area contributed by atoms with Gasteiger partial charge in [-0.2, -0.15) is 10.2 Å². The molecular weight excluding hydrogens is 438 g/mol. The van der Waals surface area contributed by atoms with E-state index >= 15 is 0 Å². The van der Waals surface area contributed by atoms with Gasteiger partial charge in [-0.3, -0.25) is 29.1 Å². The number of piperidine rings is 2. The fraction of sp³-hybridized carbons (Fsp3) is 0.435. The van der Waals surface area contributed by atoms with Gasteiger partial charge in [-0.15, -0.1) is 0 Å². The fourth-order valence-electron chi connectivity index (χ4n) is 4.81. The third-order valence-electron chi connectivity index (χ3n) is 6.51. The first-order valence-corrected chi connectivity index (χ1v) is 11.4. The molecule has 4 heterocycles. The van der Waals surface area contributed by atoms with E-state index in [-0.39, 0.29) is 29.5 Å². The van der Waals surface area contributed by atoms with E-state index in [0.29, 0.717) is 55.9 Å². The molecule has 3 aromatic rings. The van der Waals surface area contributed by atoms with Gasteiger partial charge in [-0.1, -0.05) is 12.1 Å². The largest absolute Gasteiger partial charge is 0.488 e. The molecule has 0 bridgehead atoms. The minimum Gasteiger partial charge on any atom is -0.488 e. The Labute approximate surface area is 195 Å². The number of ether oxygens (including phenoxy) is 1. The number of aryl methyl sites for hydroxylation is 2. The van der Waals surface area contributed by atoms with Gasteiger partial charge in [-0.05, 0) is 12.5 Å². The Morgan fingerprint density at radius 2 is 1.91 bits per heavy atom. The quantitative estimate of drug-likeness (QED) is 0.550. The molecule has 3 amide bonds. The predicted octanol–water partition coefficient (Wildman–Crippen LogP) is 1.09. The summed E-state index contributed by atoms with van der Waals surface area (Å²) in [6.07, 6.45) is 3.64. The summed E-state index contributed by atoms with van der Waals surface area (Å²) in [7, 11) is 3.56. The second kappa shape index (κ2) is 8.47. The highest BCUT2D eigenvalue weighted by Gasteiger charge is 2.33. The van der Waals surface area contributed by atoms with E-state index in [9.17, 15) is 14.4 Å². The number of amides is 3. The molecule has 2 aliphatic rings. The van der Waals surface area contributed by atoms with Gasteiger partial charge in [0.2, 0.25) is 11.8 Å². The molecule has 178 valence electrons. The van der Waals surface area contributed by atoms with Crippen LogP contribution >= 0.6 is 0 Å². The van der Waals surface area contributed by atoms with E-state index in [1.807, 2.05) is 25.2 Å². The number of hydrogen-bond acceptors (Lipinski definition) is 7. The van der Waals surface area contributed by atoms with Gasteiger partial charge in [0.1, 0.15) is 17.4 Å². The van der Waals surface area contributed by atoms with Crippen molar-refractivity contribution in [1.29, 1.82) is 0 Å². The number of benzene rings is 1. The predicted molar refractivity (Wildman–Crippen MR) is 123 cm³/mol. The molecule has 5 rings (SSSR count). The van der Waals surface area contributed by atoms with Gasteiger partial charge >= 0.3 is 0 Å². The number of para-hydroxylation sites is 1. The van der Waals surface area contributed by atoms with Crippen molar-refractivity contribution in [2.45, 2.75) is 37.7 Å². The molecule has 2 fully saturated rings. The molecule has 11 heteroatoms. The van der Waals surface area contributed by atoms with Crippen LogP contribution in [-0.4, -0.2) is 61.4 Å². The standard InChI is InChI=1S/C23H27N7O4/c1-28-12-16(24)20(26-28)23(33)30-10-8-13(9-11-30)34-17-5-3-4-14-19(27-29(2)21(14)17)15-6-7-18(31)25-22(15)32/h3-5,12-13,15H,6-11,24H2,1-2H3,(H,25,31,32). The van der Waals surface area contributed by atoms with Gasteiger partial charge < -0.3 is 15.4 Å². The maximum absolute atomic E-state index is 12.8. The summed E-state index contributed by atoms with van der Waals surface area (Å²) in [5.74, 6) is -0.511. The normalized spacial score (nSPS) is 19.5. The van der Waals surface area contributed by atoms with Crippen LogP contribution in [0, 0.1) is 0 Å². The summed E-state index contributed by atoms with van der Waals surface area (Å²) in [6.45, 7) is 1.09. The van der Waals surface area contributed by atoms with E-state index in [1.165, 1.54) is 4.68 Å². The minimum absolute atomic E-state index is 0.0651. The van der Waals surface area contributed by atoms with Crippen molar-refractivity contribution in [3.05, 3.63) is 35.8 Å². The SMILES string of the molecule is Cn1cc(N)c(C(=O)N2CCC(Oc3cccc4c(C5CCC(=O)NC5=O)nn(C)c34)CC2)n1. The van der Waals surface area contributed by atoms with Crippen molar-refractivity contribution >= 4 is 34.3 Å². The van der Waals surface area contributed by atoms with Crippen LogP contribution in [0.25, 0.3) is 10.9 Å². The first kappa shape index (κ1) is 21.9. The zero-order valence-corrected chi connectivity index (χ0v) is 19.2. The van der Waals surface area contributed by atoms with Gasteiger partial charge in [0, 0.05) is 58.0 Å². The van der Waals surface area contributed by atoms with Crippen LogP contribution in [0.2, 0.25) is 0 Å². The molecule has 0 saturated carbocycles. The number of hydrogen-bond donors (Lipinski definition) is 2. The Hall–Kier alpha value is -3.89. The van der Waals surface area contributed by atoms with Crippen LogP contribution in [-0.2, 0) is 23.7 Å². The molecule has 11 nitrogen and oxygen atoms in total. The lowest BCUT2D eigenvalue weighted by atomic mass is 9.93. The van der Waals surface area contributed by atoms with Crippen LogP contribution in [0.3, 0.4) is 0 Å². The number of nitrogen functional groups attached to an aromatic ring is 1. The summed E-state index contributed by atoms with van der Waals surface area (Å²) in [6, 6.07) is 5.70. The van der Waals surface area contributed by atoms with Gasteiger partial charge in [0.05, 0.1) is 17.3 Å². The van der Waals surface area contributed by atoms with Crippen molar-refractivity contribution in [2.75, 3.05) is 18.8 Å². The minimum atomic E-state index is -0.468. The van der Waals surface area contributed by atoms with Crippen LogP contribution < -0.4 is 15.8 Å². The maximum atomic E-state index is 12.8. The Morgan fingerprint density at radius 3 is 2.59 bits per heavy atom. The van der Waals surface area contributed by atoms with E-state index in [0.717, 1.165) is 10.9 Å². The molecule has 1 atom stereocenters. The lowest BCUT2D eigenvalue weighted by Crippen LogP contribution is -2.42. The summed E-state index contributed by atoms with van der Waals surface area (Å²) in [5, 5.41) is 12.0. The van der Waals surface area contributed by atoms with Gasteiger partial charge in [0.25, 0.3) is 5.91 Å². The molecule has 3 N–H and O–H groups in total. The second-order valence-corrected chi connectivity index (χ2v) is 8.88. The number of aromatic nitrogens is 4. The molecular formula is C23H27N7O4. The van der Waals surface area contributed by atoms with Crippen LogP contribution in [0.4, 0.5) is 5.69 Å². The highest BCUT2D eigenvalue weighted by Crippen LogP contribution is 2.35. The zero-order chi connectivity index (χ0) is 24.0. The summed E-state index contributed by atoms with van der Waals surface area (Å²) < 4.78 is 9.62. The van der Waals surface area contributed by atoms with Crippen molar-refractivity contribution in [1.82, 2.24) is 29.8 Å². The molecule has 0 spiro atoms. The van der Waals surface area contributed by atoms with Crippen LogP contribution in [0.1, 0.15) is 47.8 Å². The van der Waals surface area contributed by atoms with Crippen LogP contribution in [0.5, 0.6) is 5.75 Å². The number of anilines is 1. The van der Waals surface area contributed by atoms with Gasteiger partial charge in [-0.25, -0.2) is 0 Å². The van der Waals surface area contributed by atoms with Crippen molar-refractivity contribution in [2.24, 2.45) is 14.1 Å². The second-order valence-electron chi connectivity index (χ2n) is 8.88. The number of nitrogens with one attached hydrogen (secondary N) is 1.